The van der Waals surface area contributed by atoms with Crippen molar-refractivity contribution in [1.82, 2.24) is 0 Å². The van der Waals surface area contributed by atoms with E-state index in [9.17, 15) is 8.78 Å². The molecule has 0 aliphatic heterocycles. The van der Waals surface area contributed by atoms with Crippen molar-refractivity contribution >= 4 is 23.0 Å². The van der Waals surface area contributed by atoms with Crippen LogP contribution in [0, 0.1) is 11.6 Å². The second-order valence-electron chi connectivity index (χ2n) is 4.58. The Bertz CT molecular complexity index is 595. The maximum absolute atomic E-state index is 13.6. The second-order valence-corrected chi connectivity index (χ2v) is 4.99. The lowest BCUT2D eigenvalue weighted by molar-refractivity contribution is 0.560. The first-order valence-electron chi connectivity index (χ1n) is 6.13. The Morgan fingerprint density at radius 1 is 1.05 bits per heavy atom. The van der Waals surface area contributed by atoms with Crippen LogP contribution in [0.5, 0.6) is 0 Å². The van der Waals surface area contributed by atoms with E-state index in [0.29, 0.717) is 5.02 Å². The molecule has 0 aromatic heterocycles. The molecule has 2 nitrogen and oxygen atoms in total. The van der Waals surface area contributed by atoms with Crippen LogP contribution < -0.4 is 10.2 Å². The van der Waals surface area contributed by atoms with E-state index in [2.05, 4.69) is 5.32 Å². The molecule has 0 amide bonds. The molecule has 1 N–H and O–H groups in total. The second kappa shape index (κ2) is 6.09. The number of nitrogens with one attached hydrogen (secondary N) is 1. The van der Waals surface area contributed by atoms with E-state index in [1.54, 1.807) is 12.1 Å². The number of benzene rings is 2. The van der Waals surface area contributed by atoms with Gasteiger partial charge in [-0.3, -0.25) is 0 Å². The highest BCUT2D eigenvalue weighted by molar-refractivity contribution is 6.34. The highest BCUT2D eigenvalue weighted by Crippen LogP contribution is 2.32. The van der Waals surface area contributed by atoms with Gasteiger partial charge in [-0.2, -0.15) is 0 Å². The van der Waals surface area contributed by atoms with Gasteiger partial charge in [0.1, 0.15) is 11.6 Å². The van der Waals surface area contributed by atoms with Crippen LogP contribution in [0.25, 0.3) is 0 Å². The van der Waals surface area contributed by atoms with Crippen molar-refractivity contribution in [2.24, 2.45) is 0 Å². The first-order chi connectivity index (χ1) is 9.50. The molecule has 0 saturated heterocycles. The largest absolute Gasteiger partial charge is 0.379 e. The lowest BCUT2D eigenvalue weighted by atomic mass is 10.2. The van der Waals surface area contributed by atoms with Gasteiger partial charge in [-0.05, 0) is 24.3 Å². The molecule has 0 bridgehead atoms. The van der Waals surface area contributed by atoms with Gasteiger partial charge in [-0.1, -0.05) is 23.7 Å². The predicted octanol–water partition coefficient (Wildman–Crippen LogP) is 4.30. The Balaban J connectivity index is 2.26. The van der Waals surface area contributed by atoms with Crippen molar-refractivity contribution in [3.05, 3.63) is 58.6 Å². The minimum atomic E-state index is -0.564. The Morgan fingerprint density at radius 2 is 1.65 bits per heavy atom. The van der Waals surface area contributed by atoms with Gasteiger partial charge >= 0.3 is 0 Å². The minimum Gasteiger partial charge on any atom is -0.379 e. The molecule has 2 aromatic carbocycles. The first-order valence-corrected chi connectivity index (χ1v) is 6.51. The molecule has 0 aliphatic carbocycles. The van der Waals surface area contributed by atoms with E-state index in [1.165, 1.54) is 18.2 Å². The van der Waals surface area contributed by atoms with Gasteiger partial charge < -0.3 is 10.2 Å². The molecular formula is C15H15ClF2N2. The van der Waals surface area contributed by atoms with Crippen molar-refractivity contribution < 1.29 is 8.78 Å². The summed E-state index contributed by atoms with van der Waals surface area (Å²) < 4.78 is 27.2. The summed E-state index contributed by atoms with van der Waals surface area (Å²) in [6.45, 7) is 0.0552. The zero-order valence-electron chi connectivity index (χ0n) is 11.3. The Morgan fingerprint density at radius 3 is 2.25 bits per heavy atom. The topological polar surface area (TPSA) is 15.3 Å². The molecule has 0 fully saturated rings. The number of hydrogen-bond donors (Lipinski definition) is 1. The summed E-state index contributed by atoms with van der Waals surface area (Å²) in [5.74, 6) is -1.13. The van der Waals surface area contributed by atoms with Crippen LogP contribution in [-0.2, 0) is 6.54 Å². The number of halogens is 3. The number of para-hydroxylation sites is 1. The van der Waals surface area contributed by atoms with E-state index in [0.717, 1.165) is 11.4 Å². The standard InChI is InChI=1S/C15H15ClF2N2/c1-20(2)15-11(16)5-3-8-14(15)19-9-10-12(17)6-4-7-13(10)18/h3-8,19H,9H2,1-2H3. The van der Waals surface area contributed by atoms with Crippen molar-refractivity contribution in [2.45, 2.75) is 6.54 Å². The first kappa shape index (κ1) is 14.6. The van der Waals surface area contributed by atoms with Crippen LogP contribution in [0.2, 0.25) is 5.02 Å². The van der Waals surface area contributed by atoms with Crippen molar-refractivity contribution in [2.75, 3.05) is 24.3 Å². The maximum atomic E-state index is 13.6. The monoisotopic (exact) mass is 296 g/mol. The van der Waals surface area contributed by atoms with Gasteiger partial charge in [-0.15, -0.1) is 0 Å². The van der Waals surface area contributed by atoms with Crippen LogP contribution >= 0.6 is 11.6 Å². The van der Waals surface area contributed by atoms with Gasteiger partial charge in [0.15, 0.2) is 0 Å². The SMILES string of the molecule is CN(C)c1c(Cl)cccc1NCc1c(F)cccc1F. The molecule has 5 heteroatoms. The molecule has 0 unspecified atom stereocenters. The average molecular weight is 297 g/mol. The average Bonchev–Trinajstić information content (AvgIpc) is 2.37. The molecule has 0 heterocycles. The number of rotatable bonds is 4. The van der Waals surface area contributed by atoms with Crippen molar-refractivity contribution in [3.63, 3.8) is 0 Å². The van der Waals surface area contributed by atoms with Crippen molar-refractivity contribution in [1.29, 1.82) is 0 Å². The van der Waals surface area contributed by atoms with Gasteiger partial charge in [0.2, 0.25) is 0 Å². The maximum Gasteiger partial charge on any atom is 0.131 e. The lowest BCUT2D eigenvalue weighted by Crippen LogP contribution is -2.13. The Labute approximate surface area is 122 Å². The number of nitrogens with zero attached hydrogens (tertiary/aromatic N) is 1. The third-order valence-electron chi connectivity index (χ3n) is 2.95. The number of anilines is 2. The molecular weight excluding hydrogens is 282 g/mol. The fourth-order valence-electron chi connectivity index (χ4n) is 2.00. The zero-order chi connectivity index (χ0) is 14.7. The summed E-state index contributed by atoms with van der Waals surface area (Å²) in [6.07, 6.45) is 0. The molecule has 0 spiro atoms. The smallest absolute Gasteiger partial charge is 0.131 e. The summed E-state index contributed by atoms with van der Waals surface area (Å²) in [5, 5.41) is 3.61. The fourth-order valence-corrected chi connectivity index (χ4v) is 2.34. The van der Waals surface area contributed by atoms with Crippen molar-refractivity contribution in [3.8, 4) is 0 Å². The highest BCUT2D eigenvalue weighted by atomic mass is 35.5. The van der Waals surface area contributed by atoms with E-state index < -0.39 is 11.6 Å². The van der Waals surface area contributed by atoms with E-state index >= 15 is 0 Å². The van der Waals surface area contributed by atoms with Gasteiger partial charge in [0.05, 0.1) is 16.4 Å². The molecule has 0 saturated carbocycles. The quantitative estimate of drug-likeness (QED) is 0.905. The molecule has 106 valence electrons. The fraction of sp³-hybridized carbons (Fsp3) is 0.200. The van der Waals surface area contributed by atoms with Crippen LogP contribution in [0.4, 0.5) is 20.2 Å². The molecule has 20 heavy (non-hydrogen) atoms. The van der Waals surface area contributed by atoms with E-state index in [1.807, 2.05) is 25.1 Å². The predicted molar refractivity (Wildman–Crippen MR) is 79.5 cm³/mol. The van der Waals surface area contributed by atoms with E-state index in [4.69, 9.17) is 11.6 Å². The van der Waals surface area contributed by atoms with Gasteiger partial charge in [0, 0.05) is 26.2 Å². The third-order valence-corrected chi connectivity index (χ3v) is 3.26. The third kappa shape index (κ3) is 3.02. The van der Waals surface area contributed by atoms with Crippen LogP contribution in [0.15, 0.2) is 36.4 Å². The zero-order valence-corrected chi connectivity index (χ0v) is 12.0. The summed E-state index contributed by atoms with van der Waals surface area (Å²) in [6, 6.07) is 9.20. The van der Waals surface area contributed by atoms with E-state index in [-0.39, 0.29) is 12.1 Å². The normalized spacial score (nSPS) is 10.4. The molecule has 0 aliphatic rings. The summed E-state index contributed by atoms with van der Waals surface area (Å²) in [4.78, 5) is 1.85. The molecule has 2 aromatic rings. The highest BCUT2D eigenvalue weighted by Gasteiger charge is 2.11. The number of hydrogen-bond acceptors (Lipinski definition) is 2. The molecule has 0 atom stereocenters. The lowest BCUT2D eigenvalue weighted by Gasteiger charge is -2.20. The molecule has 2 rings (SSSR count). The van der Waals surface area contributed by atoms with Crippen LogP contribution in [-0.4, -0.2) is 14.1 Å². The summed E-state index contributed by atoms with van der Waals surface area (Å²) in [5.41, 5.74) is 1.52. The van der Waals surface area contributed by atoms with Gasteiger partial charge in [0.25, 0.3) is 0 Å². The minimum absolute atomic E-state index is 0.0113. The molecule has 0 radical (unpaired) electrons. The summed E-state index contributed by atoms with van der Waals surface area (Å²) in [7, 11) is 3.71. The Kier molecular flexibility index (Phi) is 4.45. The summed E-state index contributed by atoms with van der Waals surface area (Å²) >= 11 is 6.14. The van der Waals surface area contributed by atoms with Crippen LogP contribution in [0.3, 0.4) is 0 Å². The van der Waals surface area contributed by atoms with Gasteiger partial charge in [-0.25, -0.2) is 8.78 Å². The van der Waals surface area contributed by atoms with Crippen LogP contribution in [0.1, 0.15) is 5.56 Å². The Hall–Kier alpha value is -1.81.